The van der Waals surface area contributed by atoms with Crippen LogP contribution in [0.4, 0.5) is 10.1 Å². The predicted molar refractivity (Wildman–Crippen MR) is 111 cm³/mol. The second kappa shape index (κ2) is 9.90. The lowest BCUT2D eigenvalue weighted by Crippen LogP contribution is -2.14. The minimum atomic E-state index is -0.261. The van der Waals surface area contributed by atoms with E-state index in [0.29, 0.717) is 36.3 Å². The van der Waals surface area contributed by atoms with Gasteiger partial charge < -0.3 is 20.5 Å². The van der Waals surface area contributed by atoms with Crippen molar-refractivity contribution in [2.45, 2.75) is 20.3 Å². The first-order valence-corrected chi connectivity index (χ1v) is 9.17. The van der Waals surface area contributed by atoms with Crippen LogP contribution >= 0.6 is 0 Å². The second-order valence-corrected chi connectivity index (χ2v) is 6.49. The first kappa shape index (κ1) is 21.4. The summed E-state index contributed by atoms with van der Waals surface area (Å²) in [4.78, 5) is 11.2. The van der Waals surface area contributed by atoms with Gasteiger partial charge in [0.15, 0.2) is 6.29 Å². The molecule has 0 radical (unpaired) electrons. The van der Waals surface area contributed by atoms with E-state index in [1.165, 1.54) is 19.2 Å². The Morgan fingerprint density at radius 1 is 1.32 bits per heavy atom. The van der Waals surface area contributed by atoms with E-state index in [2.05, 4.69) is 17.6 Å². The van der Waals surface area contributed by atoms with Crippen molar-refractivity contribution in [2.24, 2.45) is 0 Å². The number of rotatable bonds is 5. The normalized spacial score (nSPS) is 12.1. The van der Waals surface area contributed by atoms with Gasteiger partial charge in [-0.1, -0.05) is 19.1 Å². The Kier molecular flexibility index (Phi) is 7.58. The van der Waals surface area contributed by atoms with E-state index in [1.54, 1.807) is 19.1 Å². The van der Waals surface area contributed by atoms with Crippen molar-refractivity contribution < 1.29 is 19.0 Å². The number of fused-ring (bicyclic) bond motifs is 1. The van der Waals surface area contributed by atoms with Crippen LogP contribution in [0.5, 0.6) is 11.5 Å². The van der Waals surface area contributed by atoms with Crippen LogP contribution in [0.15, 0.2) is 29.8 Å². The second-order valence-electron chi connectivity index (χ2n) is 6.49. The summed E-state index contributed by atoms with van der Waals surface area (Å²) >= 11 is 0. The van der Waals surface area contributed by atoms with Crippen LogP contribution in [0.1, 0.15) is 34.0 Å². The maximum atomic E-state index is 13.0. The number of nitrogens with one attached hydrogen (secondary N) is 2. The van der Waals surface area contributed by atoms with Gasteiger partial charge in [0.2, 0.25) is 0 Å². The molecular formula is C22H27FN2O3. The van der Waals surface area contributed by atoms with Crippen LogP contribution in [-0.4, -0.2) is 38.6 Å². The number of aldehydes is 1. The van der Waals surface area contributed by atoms with Crippen molar-refractivity contribution in [3.05, 3.63) is 57.9 Å². The van der Waals surface area contributed by atoms with Crippen LogP contribution in [0.3, 0.4) is 0 Å². The number of ether oxygens (including phenoxy) is 1. The average molecular weight is 386 g/mol. The number of benzene rings is 2. The Labute approximate surface area is 165 Å². The molecule has 0 fully saturated rings. The van der Waals surface area contributed by atoms with Gasteiger partial charge in [-0.05, 0) is 56.3 Å². The summed E-state index contributed by atoms with van der Waals surface area (Å²) < 4.78 is 18.5. The molecule has 0 bridgehead atoms. The number of hydrogen-bond donors (Lipinski definition) is 3. The van der Waals surface area contributed by atoms with E-state index in [0.717, 1.165) is 23.2 Å². The lowest BCUT2D eigenvalue weighted by atomic mass is 9.93. The van der Waals surface area contributed by atoms with Crippen molar-refractivity contribution in [2.75, 3.05) is 32.6 Å². The van der Waals surface area contributed by atoms with Crippen LogP contribution < -0.4 is 15.4 Å². The van der Waals surface area contributed by atoms with Gasteiger partial charge in [-0.15, -0.1) is 0 Å². The first-order valence-electron chi connectivity index (χ1n) is 9.17. The standard InChI is InChI=1S/C19H18FNO3.C3H9N/c1-11-16(10-22)18(23)17-15(19(11)24-2)8-13(9-21-17)7-12-3-5-14(20)6-4-12;1-3-4-2/h3-6,8,10,21,23H,7,9H2,1-2H3;4H,3H2,1-2H3. The number of carbonyl (C=O) groups excluding carboxylic acids is 1. The Bertz CT molecular complexity index is 859. The van der Waals surface area contributed by atoms with Crippen molar-refractivity contribution in [3.8, 4) is 11.5 Å². The molecule has 1 heterocycles. The van der Waals surface area contributed by atoms with Gasteiger partial charge in [0, 0.05) is 17.7 Å². The molecule has 0 spiro atoms. The van der Waals surface area contributed by atoms with Crippen LogP contribution in [0.2, 0.25) is 0 Å². The molecule has 0 saturated heterocycles. The predicted octanol–water partition coefficient (Wildman–Crippen LogP) is 3.94. The third-order valence-corrected chi connectivity index (χ3v) is 4.61. The summed E-state index contributed by atoms with van der Waals surface area (Å²) in [5.74, 6) is 0.243. The fourth-order valence-corrected chi connectivity index (χ4v) is 3.04. The summed E-state index contributed by atoms with van der Waals surface area (Å²) in [5.41, 5.74) is 4.13. The molecule has 3 N–H and O–H groups in total. The zero-order valence-electron chi connectivity index (χ0n) is 16.7. The highest BCUT2D eigenvalue weighted by atomic mass is 19.1. The number of phenolic OH excluding ortho intramolecular Hbond substituents is 1. The van der Waals surface area contributed by atoms with E-state index in [1.807, 2.05) is 13.1 Å². The molecule has 0 aliphatic carbocycles. The maximum absolute atomic E-state index is 13.0. The van der Waals surface area contributed by atoms with E-state index in [9.17, 15) is 14.3 Å². The van der Waals surface area contributed by atoms with Gasteiger partial charge in [0.05, 0.1) is 18.4 Å². The number of aromatic hydroxyl groups is 1. The van der Waals surface area contributed by atoms with Gasteiger partial charge in [0.1, 0.15) is 17.3 Å². The molecule has 5 nitrogen and oxygen atoms in total. The minimum absolute atomic E-state index is 0.0598. The van der Waals surface area contributed by atoms with Crippen molar-refractivity contribution in [1.82, 2.24) is 5.32 Å². The summed E-state index contributed by atoms with van der Waals surface area (Å²) in [6, 6.07) is 6.38. The van der Waals surface area contributed by atoms with Gasteiger partial charge >= 0.3 is 0 Å². The molecule has 6 heteroatoms. The van der Waals surface area contributed by atoms with Gasteiger partial charge in [-0.25, -0.2) is 4.39 Å². The van der Waals surface area contributed by atoms with Gasteiger partial charge in [-0.3, -0.25) is 4.79 Å². The summed E-state index contributed by atoms with van der Waals surface area (Å²) in [5, 5.41) is 16.4. The number of anilines is 1. The highest BCUT2D eigenvalue weighted by Crippen LogP contribution is 2.44. The quantitative estimate of drug-likeness (QED) is 0.536. The molecular weight excluding hydrogens is 359 g/mol. The van der Waals surface area contributed by atoms with Crippen LogP contribution in [0.25, 0.3) is 6.08 Å². The summed E-state index contributed by atoms with van der Waals surface area (Å²) in [6.45, 7) is 5.41. The first-order chi connectivity index (χ1) is 13.5. The largest absolute Gasteiger partial charge is 0.505 e. The smallest absolute Gasteiger partial charge is 0.154 e. The molecule has 0 amide bonds. The van der Waals surface area contributed by atoms with E-state index >= 15 is 0 Å². The number of phenols is 1. The minimum Gasteiger partial charge on any atom is -0.505 e. The van der Waals surface area contributed by atoms with Gasteiger partial charge in [0.25, 0.3) is 0 Å². The Balaban J connectivity index is 0.000000640. The lowest BCUT2D eigenvalue weighted by Gasteiger charge is -2.24. The molecule has 3 rings (SSSR count). The molecule has 0 atom stereocenters. The number of hydrogen-bond acceptors (Lipinski definition) is 5. The van der Waals surface area contributed by atoms with Crippen LogP contribution in [0, 0.1) is 12.7 Å². The zero-order valence-corrected chi connectivity index (χ0v) is 16.7. The Hall–Kier alpha value is -2.86. The molecule has 150 valence electrons. The molecule has 0 aromatic heterocycles. The number of halogens is 1. The third-order valence-electron chi connectivity index (χ3n) is 4.61. The van der Waals surface area contributed by atoms with Gasteiger partial charge in [-0.2, -0.15) is 0 Å². The fourth-order valence-electron chi connectivity index (χ4n) is 3.04. The Morgan fingerprint density at radius 2 is 1.96 bits per heavy atom. The molecule has 1 aliphatic rings. The SMILES string of the molecule is CCNC.COc1c(C)c(C=O)c(O)c2c1C=C(Cc1ccc(F)cc1)CN2. The highest BCUT2D eigenvalue weighted by molar-refractivity contribution is 5.93. The summed E-state index contributed by atoms with van der Waals surface area (Å²) in [6.07, 6.45) is 3.24. The molecule has 2 aromatic rings. The third kappa shape index (κ3) is 4.70. The van der Waals surface area contributed by atoms with E-state index in [-0.39, 0.29) is 17.1 Å². The van der Waals surface area contributed by atoms with Crippen molar-refractivity contribution in [1.29, 1.82) is 0 Å². The average Bonchev–Trinajstić information content (AvgIpc) is 2.70. The molecule has 28 heavy (non-hydrogen) atoms. The molecule has 1 aliphatic heterocycles. The lowest BCUT2D eigenvalue weighted by molar-refractivity contribution is 0.112. The number of methoxy groups -OCH3 is 1. The zero-order chi connectivity index (χ0) is 20.7. The van der Waals surface area contributed by atoms with Crippen molar-refractivity contribution in [3.63, 3.8) is 0 Å². The topological polar surface area (TPSA) is 70.6 Å². The highest BCUT2D eigenvalue weighted by Gasteiger charge is 2.24. The molecule has 2 aromatic carbocycles. The fraction of sp³-hybridized carbons (Fsp3) is 0.318. The molecule has 0 unspecified atom stereocenters. The maximum Gasteiger partial charge on any atom is 0.154 e. The molecule has 0 saturated carbocycles. The van der Waals surface area contributed by atoms with Crippen LogP contribution in [-0.2, 0) is 6.42 Å². The van der Waals surface area contributed by atoms with E-state index < -0.39 is 0 Å². The number of carbonyl (C=O) groups is 1. The monoisotopic (exact) mass is 386 g/mol. The van der Waals surface area contributed by atoms with Crippen molar-refractivity contribution >= 4 is 18.0 Å². The Morgan fingerprint density at radius 3 is 2.50 bits per heavy atom. The van der Waals surface area contributed by atoms with E-state index in [4.69, 9.17) is 4.74 Å². The summed E-state index contributed by atoms with van der Waals surface area (Å²) in [7, 11) is 3.47.